The van der Waals surface area contributed by atoms with Gasteiger partial charge in [-0.3, -0.25) is 0 Å². The smallest absolute Gasteiger partial charge is 0.335 e. The summed E-state index contributed by atoms with van der Waals surface area (Å²) in [5.41, 5.74) is 4.06. The minimum absolute atomic E-state index is 0. The van der Waals surface area contributed by atoms with Crippen molar-refractivity contribution in [2.45, 2.75) is 25.3 Å². The number of hydrogen-bond donors (Lipinski definition) is 2. The van der Waals surface area contributed by atoms with Crippen molar-refractivity contribution in [1.29, 1.82) is 0 Å². The van der Waals surface area contributed by atoms with Gasteiger partial charge in [-0.25, -0.2) is 4.79 Å². The van der Waals surface area contributed by atoms with Crippen LogP contribution in [0.2, 0.25) is 0 Å². The number of halogens is 1. The Balaban J connectivity index is 0.00000289. The lowest BCUT2D eigenvalue weighted by atomic mass is 9.80. The number of nitrogens with one attached hydrogen (secondary N) is 1. The van der Waals surface area contributed by atoms with Crippen LogP contribution in [0.15, 0.2) is 84.2 Å². The first-order chi connectivity index (χ1) is 16.6. The van der Waals surface area contributed by atoms with Crippen LogP contribution in [-0.4, -0.2) is 30.7 Å². The first-order valence-electron chi connectivity index (χ1n) is 11.9. The minimum Gasteiger partial charge on any atom is -0.478 e. The molecule has 0 saturated carbocycles. The molecule has 0 aliphatic carbocycles. The lowest BCUT2D eigenvalue weighted by Crippen LogP contribution is -2.43. The zero-order valence-corrected chi connectivity index (χ0v) is 21.4. The summed E-state index contributed by atoms with van der Waals surface area (Å²) in [5, 5.41) is 16.9. The maximum atomic E-state index is 11.5. The molecule has 1 aliphatic rings. The van der Waals surface area contributed by atoms with Crippen molar-refractivity contribution in [1.82, 2.24) is 5.32 Å². The van der Waals surface area contributed by atoms with Gasteiger partial charge in [0, 0.05) is 35.4 Å². The van der Waals surface area contributed by atoms with Crippen molar-refractivity contribution in [2.24, 2.45) is 5.92 Å². The van der Waals surface area contributed by atoms with Crippen molar-refractivity contribution < 1.29 is 9.90 Å². The summed E-state index contributed by atoms with van der Waals surface area (Å²) in [7, 11) is 0. The van der Waals surface area contributed by atoms with Crippen LogP contribution in [0, 0.1) is 5.92 Å². The molecule has 35 heavy (non-hydrogen) atoms. The second-order valence-corrected chi connectivity index (χ2v) is 10.1. The molecule has 1 aromatic heterocycles. The van der Waals surface area contributed by atoms with E-state index in [2.05, 4.69) is 77.1 Å². The Morgan fingerprint density at radius 3 is 2.66 bits per heavy atom. The van der Waals surface area contributed by atoms with Gasteiger partial charge in [-0.05, 0) is 72.0 Å². The molecule has 2 heterocycles. The fourth-order valence-electron chi connectivity index (χ4n) is 5.16. The van der Waals surface area contributed by atoms with E-state index in [0.717, 1.165) is 31.7 Å². The van der Waals surface area contributed by atoms with Crippen LogP contribution in [0.1, 0.15) is 46.8 Å². The molecule has 0 radical (unpaired) electrons. The van der Waals surface area contributed by atoms with E-state index in [4.69, 9.17) is 0 Å². The summed E-state index contributed by atoms with van der Waals surface area (Å²) < 4.78 is 1.34. The highest BCUT2D eigenvalue weighted by Gasteiger charge is 2.31. The fourth-order valence-corrected chi connectivity index (χ4v) is 6.22. The Bertz CT molecular complexity index is 1280. The number of benzene rings is 3. The lowest BCUT2D eigenvalue weighted by Gasteiger charge is -2.41. The summed E-state index contributed by atoms with van der Waals surface area (Å²) >= 11 is 1.81. The van der Waals surface area contributed by atoms with E-state index in [1.165, 1.54) is 21.2 Å². The van der Waals surface area contributed by atoms with Crippen LogP contribution in [-0.2, 0) is 0 Å². The largest absolute Gasteiger partial charge is 0.478 e. The van der Waals surface area contributed by atoms with E-state index < -0.39 is 5.97 Å². The van der Waals surface area contributed by atoms with E-state index >= 15 is 0 Å². The molecule has 0 bridgehead atoms. The summed E-state index contributed by atoms with van der Waals surface area (Å²) in [4.78, 5) is 13.8. The van der Waals surface area contributed by atoms with Crippen LogP contribution in [0.5, 0.6) is 0 Å². The number of fused-ring (bicyclic) bond motifs is 1. The fraction of sp³-hybridized carbons (Fsp3) is 0.276. The Hall–Kier alpha value is -2.86. The molecule has 182 valence electrons. The van der Waals surface area contributed by atoms with Crippen LogP contribution in [0.3, 0.4) is 0 Å². The molecule has 3 atom stereocenters. The maximum Gasteiger partial charge on any atom is 0.335 e. The molecular formula is C29H31ClN2O2S. The third-order valence-corrected chi connectivity index (χ3v) is 8.09. The number of carbonyl (C=O) groups is 1. The van der Waals surface area contributed by atoms with Gasteiger partial charge in [-0.2, -0.15) is 0 Å². The van der Waals surface area contributed by atoms with Gasteiger partial charge in [-0.1, -0.05) is 54.6 Å². The van der Waals surface area contributed by atoms with Crippen LogP contribution >= 0.6 is 23.7 Å². The second-order valence-electron chi connectivity index (χ2n) is 9.18. The molecule has 6 heteroatoms. The Labute approximate surface area is 217 Å². The molecule has 3 aromatic carbocycles. The number of piperidine rings is 1. The molecule has 1 aliphatic heterocycles. The molecule has 1 fully saturated rings. The number of rotatable bonds is 7. The molecule has 4 nitrogen and oxygen atoms in total. The highest BCUT2D eigenvalue weighted by molar-refractivity contribution is 7.17. The Morgan fingerprint density at radius 2 is 1.86 bits per heavy atom. The maximum absolute atomic E-state index is 11.5. The highest BCUT2D eigenvalue weighted by Crippen LogP contribution is 2.36. The van der Waals surface area contributed by atoms with Gasteiger partial charge in [0.05, 0.1) is 5.56 Å². The van der Waals surface area contributed by atoms with Gasteiger partial charge in [0.2, 0.25) is 0 Å². The van der Waals surface area contributed by atoms with Crippen molar-refractivity contribution in [3.63, 3.8) is 0 Å². The number of carboxylic acid groups (broad SMARTS) is 1. The molecule has 1 saturated heterocycles. The Kier molecular flexibility index (Phi) is 8.11. The second kappa shape index (κ2) is 11.3. The number of carboxylic acids is 1. The number of aromatic carboxylic acids is 1. The predicted molar refractivity (Wildman–Crippen MR) is 148 cm³/mol. The number of anilines is 1. The third-order valence-electron chi connectivity index (χ3n) is 7.11. The number of nitrogens with zero attached hydrogens (tertiary/aromatic N) is 1. The van der Waals surface area contributed by atoms with Crippen molar-refractivity contribution >= 4 is 45.5 Å². The van der Waals surface area contributed by atoms with Crippen LogP contribution < -0.4 is 10.2 Å². The van der Waals surface area contributed by atoms with Gasteiger partial charge in [0.25, 0.3) is 0 Å². The van der Waals surface area contributed by atoms with Gasteiger partial charge >= 0.3 is 5.97 Å². The average molecular weight is 507 g/mol. The van der Waals surface area contributed by atoms with Crippen LogP contribution in [0.4, 0.5) is 5.69 Å². The van der Waals surface area contributed by atoms with Gasteiger partial charge in [0.15, 0.2) is 0 Å². The molecule has 5 rings (SSSR count). The molecular weight excluding hydrogens is 476 g/mol. The summed E-state index contributed by atoms with van der Waals surface area (Å²) in [5.74, 6) is 0.00602. The quantitative estimate of drug-likeness (QED) is 0.284. The van der Waals surface area contributed by atoms with Gasteiger partial charge in [-0.15, -0.1) is 23.7 Å². The topological polar surface area (TPSA) is 52.6 Å². The predicted octanol–water partition coefficient (Wildman–Crippen LogP) is 6.98. The standard InChI is InChI=1S/C29H30N2O2S.ClH/c1-20(27-19-34-28-13-6-5-12-25(27)28)30-17-23-14-15-31(18-26(23)21-8-3-2-4-9-21)24-11-7-10-22(16-24)29(32)33;/h2-13,16,19-20,23,26,30H,14-15,17-18H2,1H3,(H,32,33);1H/t20-,23?,26?;/m1./s1. The van der Waals surface area contributed by atoms with E-state index in [1.54, 1.807) is 12.1 Å². The summed E-state index contributed by atoms with van der Waals surface area (Å²) in [6.07, 6.45) is 1.06. The molecule has 2 unspecified atom stereocenters. The monoisotopic (exact) mass is 506 g/mol. The molecule has 0 amide bonds. The zero-order valence-electron chi connectivity index (χ0n) is 19.8. The molecule has 4 aromatic rings. The van der Waals surface area contributed by atoms with E-state index in [0.29, 0.717) is 17.4 Å². The van der Waals surface area contributed by atoms with Crippen molar-refractivity contribution in [2.75, 3.05) is 24.5 Å². The van der Waals surface area contributed by atoms with Crippen molar-refractivity contribution in [3.05, 3.63) is 101 Å². The van der Waals surface area contributed by atoms with Crippen molar-refractivity contribution in [3.8, 4) is 0 Å². The normalized spacial score (nSPS) is 18.7. The van der Waals surface area contributed by atoms with Crippen LogP contribution in [0.25, 0.3) is 10.1 Å². The average Bonchev–Trinajstić information content (AvgIpc) is 3.32. The van der Waals surface area contributed by atoms with Gasteiger partial charge in [0.1, 0.15) is 0 Å². The minimum atomic E-state index is -0.879. The summed E-state index contributed by atoms with van der Waals surface area (Å²) in [6.45, 7) is 5.02. The molecule has 0 spiro atoms. The SMILES string of the molecule is C[C@@H](NCC1CCN(c2cccc(C(=O)O)c2)CC1c1ccccc1)c1csc2ccccc12.Cl. The highest BCUT2D eigenvalue weighted by atomic mass is 35.5. The molecule has 2 N–H and O–H groups in total. The summed E-state index contributed by atoms with van der Waals surface area (Å²) in [6, 6.07) is 27.0. The van der Waals surface area contributed by atoms with Gasteiger partial charge < -0.3 is 15.3 Å². The number of thiophene rings is 1. The first-order valence-corrected chi connectivity index (χ1v) is 12.8. The zero-order chi connectivity index (χ0) is 23.5. The third kappa shape index (κ3) is 5.53. The van der Waals surface area contributed by atoms with E-state index in [9.17, 15) is 9.90 Å². The van der Waals surface area contributed by atoms with E-state index in [-0.39, 0.29) is 18.4 Å². The first kappa shape index (κ1) is 25.2. The lowest BCUT2D eigenvalue weighted by molar-refractivity contribution is 0.0697. The Morgan fingerprint density at radius 1 is 1.09 bits per heavy atom. The van der Waals surface area contributed by atoms with E-state index in [1.807, 2.05) is 23.5 Å². The number of hydrogen-bond acceptors (Lipinski definition) is 4.